The van der Waals surface area contributed by atoms with Crippen LogP contribution in [-0.4, -0.2) is 19.8 Å². The molecule has 2 heteroatoms. The van der Waals surface area contributed by atoms with E-state index in [1.54, 1.807) is 0 Å². The third-order valence-corrected chi connectivity index (χ3v) is 1.82. The van der Waals surface area contributed by atoms with Gasteiger partial charge in [0.2, 0.25) is 0 Å². The van der Waals surface area contributed by atoms with Crippen LogP contribution in [0.2, 0.25) is 0 Å². The summed E-state index contributed by atoms with van der Waals surface area (Å²) < 4.78 is 5.28. The predicted octanol–water partition coefficient (Wildman–Crippen LogP) is 0.762. The molecular formula is C7H15NO. The second-order valence-corrected chi connectivity index (χ2v) is 3.15. The van der Waals surface area contributed by atoms with Crippen LogP contribution in [0.15, 0.2) is 0 Å². The van der Waals surface area contributed by atoms with E-state index in [2.05, 4.69) is 6.92 Å². The summed E-state index contributed by atoms with van der Waals surface area (Å²) in [6, 6.07) is 0. The third-order valence-electron chi connectivity index (χ3n) is 1.82. The lowest BCUT2D eigenvalue weighted by Gasteiger charge is -2.06. The maximum Gasteiger partial charge on any atom is 0.0588 e. The summed E-state index contributed by atoms with van der Waals surface area (Å²) in [5.41, 5.74) is 5.78. The van der Waals surface area contributed by atoms with Gasteiger partial charge in [0.05, 0.1) is 13.2 Å². The number of nitrogens with two attached hydrogens (primary N) is 1. The Morgan fingerprint density at radius 2 is 2.22 bits per heavy atom. The van der Waals surface area contributed by atoms with Crippen molar-refractivity contribution in [1.29, 1.82) is 0 Å². The highest BCUT2D eigenvalue weighted by Gasteiger charge is 2.37. The van der Waals surface area contributed by atoms with Gasteiger partial charge in [0.1, 0.15) is 0 Å². The molecule has 2 nitrogen and oxygen atoms in total. The molecule has 0 aromatic carbocycles. The highest BCUT2D eigenvalue weighted by atomic mass is 16.5. The van der Waals surface area contributed by atoms with Crippen LogP contribution in [0.4, 0.5) is 0 Å². The Balaban J connectivity index is 1.92. The van der Waals surface area contributed by atoms with E-state index in [1.165, 1.54) is 12.8 Å². The fourth-order valence-electron chi connectivity index (χ4n) is 0.760. The first-order valence-electron chi connectivity index (χ1n) is 3.55. The molecule has 1 aliphatic rings. The largest absolute Gasteiger partial charge is 0.380 e. The Hall–Kier alpha value is -0.0800. The normalized spacial score (nSPS) is 22.0. The molecule has 54 valence electrons. The molecule has 0 amide bonds. The molecule has 0 saturated heterocycles. The van der Waals surface area contributed by atoms with Crippen molar-refractivity contribution in [2.45, 2.75) is 19.8 Å². The van der Waals surface area contributed by atoms with E-state index in [-0.39, 0.29) is 0 Å². The summed E-state index contributed by atoms with van der Waals surface area (Å²) in [6.45, 7) is 4.53. The summed E-state index contributed by atoms with van der Waals surface area (Å²) in [5, 5.41) is 0. The molecular weight excluding hydrogens is 114 g/mol. The quantitative estimate of drug-likeness (QED) is 0.569. The molecule has 0 radical (unpaired) electrons. The molecule has 0 aliphatic heterocycles. The average Bonchev–Trinajstić information content (AvgIpc) is 2.50. The molecule has 0 atom stereocenters. The van der Waals surface area contributed by atoms with Crippen LogP contribution >= 0.6 is 0 Å². The average molecular weight is 129 g/mol. The van der Waals surface area contributed by atoms with Crippen molar-refractivity contribution in [3.63, 3.8) is 0 Å². The predicted molar refractivity (Wildman–Crippen MR) is 37.2 cm³/mol. The molecule has 0 heterocycles. The van der Waals surface area contributed by atoms with Crippen LogP contribution in [0.25, 0.3) is 0 Å². The van der Waals surface area contributed by atoms with Gasteiger partial charge >= 0.3 is 0 Å². The second kappa shape index (κ2) is 2.67. The van der Waals surface area contributed by atoms with Gasteiger partial charge in [-0.2, -0.15) is 0 Å². The van der Waals surface area contributed by atoms with E-state index in [4.69, 9.17) is 10.5 Å². The lowest BCUT2D eigenvalue weighted by molar-refractivity contribution is 0.103. The van der Waals surface area contributed by atoms with Crippen molar-refractivity contribution in [3.05, 3.63) is 0 Å². The van der Waals surface area contributed by atoms with E-state index in [9.17, 15) is 0 Å². The van der Waals surface area contributed by atoms with E-state index in [1.807, 2.05) is 0 Å². The molecule has 2 N–H and O–H groups in total. The van der Waals surface area contributed by atoms with Crippen molar-refractivity contribution in [1.82, 2.24) is 0 Å². The van der Waals surface area contributed by atoms with Gasteiger partial charge in [-0.15, -0.1) is 0 Å². The van der Waals surface area contributed by atoms with E-state index < -0.39 is 0 Å². The van der Waals surface area contributed by atoms with Gasteiger partial charge in [0.15, 0.2) is 0 Å². The lowest BCUT2D eigenvalue weighted by Crippen LogP contribution is -2.13. The van der Waals surface area contributed by atoms with Gasteiger partial charge in [0.25, 0.3) is 0 Å². The zero-order valence-electron chi connectivity index (χ0n) is 6.02. The number of rotatable bonds is 4. The molecule has 0 bridgehead atoms. The second-order valence-electron chi connectivity index (χ2n) is 3.15. The molecule has 9 heavy (non-hydrogen) atoms. The minimum absolute atomic E-state index is 0.523. The van der Waals surface area contributed by atoms with Gasteiger partial charge in [-0.1, -0.05) is 6.92 Å². The minimum Gasteiger partial charge on any atom is -0.380 e. The van der Waals surface area contributed by atoms with Crippen molar-refractivity contribution in [3.8, 4) is 0 Å². The van der Waals surface area contributed by atoms with Gasteiger partial charge in [-0.25, -0.2) is 0 Å². The molecule has 0 spiro atoms. The topological polar surface area (TPSA) is 35.2 Å². The molecule has 1 rings (SSSR count). The van der Waals surface area contributed by atoms with Gasteiger partial charge in [0, 0.05) is 6.54 Å². The highest BCUT2D eigenvalue weighted by molar-refractivity contribution is 4.87. The molecule has 1 fully saturated rings. The van der Waals surface area contributed by atoms with Gasteiger partial charge in [-0.05, 0) is 18.3 Å². The standard InChI is InChI=1S/C7H15NO/c1-7(2-3-7)6-9-5-4-8/h2-6,8H2,1H3. The fraction of sp³-hybridized carbons (Fsp3) is 1.00. The summed E-state index contributed by atoms with van der Waals surface area (Å²) in [6.07, 6.45) is 2.66. The number of hydrogen-bond acceptors (Lipinski definition) is 2. The van der Waals surface area contributed by atoms with Crippen molar-refractivity contribution in [2.24, 2.45) is 11.1 Å². The van der Waals surface area contributed by atoms with Gasteiger partial charge in [-0.3, -0.25) is 0 Å². The van der Waals surface area contributed by atoms with Crippen LogP contribution in [0.5, 0.6) is 0 Å². The number of ether oxygens (including phenoxy) is 1. The first-order chi connectivity index (χ1) is 4.27. The SMILES string of the molecule is CC1(COCCN)CC1. The van der Waals surface area contributed by atoms with Crippen LogP contribution in [0.3, 0.4) is 0 Å². The number of hydrogen-bond donors (Lipinski definition) is 1. The van der Waals surface area contributed by atoms with E-state index in [0.717, 1.165) is 13.2 Å². The first kappa shape index (κ1) is 7.03. The Labute approximate surface area is 56.4 Å². The van der Waals surface area contributed by atoms with E-state index in [0.29, 0.717) is 12.0 Å². The van der Waals surface area contributed by atoms with Crippen molar-refractivity contribution < 1.29 is 4.74 Å². The zero-order chi connectivity index (χ0) is 6.74. The molecule has 0 unspecified atom stereocenters. The molecule has 0 aromatic heterocycles. The summed E-state index contributed by atoms with van der Waals surface area (Å²) in [4.78, 5) is 0. The van der Waals surface area contributed by atoms with Crippen LogP contribution < -0.4 is 5.73 Å². The maximum atomic E-state index is 5.28. The Morgan fingerprint density at radius 1 is 1.56 bits per heavy atom. The summed E-state index contributed by atoms with van der Waals surface area (Å²) in [5.74, 6) is 0. The highest BCUT2D eigenvalue weighted by Crippen LogP contribution is 2.44. The summed E-state index contributed by atoms with van der Waals surface area (Å²) >= 11 is 0. The Kier molecular flexibility index (Phi) is 2.09. The third kappa shape index (κ3) is 2.33. The molecule has 0 aromatic rings. The maximum absolute atomic E-state index is 5.28. The monoisotopic (exact) mass is 129 g/mol. The van der Waals surface area contributed by atoms with Crippen molar-refractivity contribution in [2.75, 3.05) is 19.8 Å². The van der Waals surface area contributed by atoms with Gasteiger partial charge < -0.3 is 10.5 Å². The van der Waals surface area contributed by atoms with E-state index >= 15 is 0 Å². The lowest BCUT2D eigenvalue weighted by atomic mass is 10.2. The van der Waals surface area contributed by atoms with Crippen LogP contribution in [-0.2, 0) is 4.74 Å². The zero-order valence-corrected chi connectivity index (χ0v) is 6.02. The Morgan fingerprint density at radius 3 is 2.67 bits per heavy atom. The van der Waals surface area contributed by atoms with Crippen LogP contribution in [0, 0.1) is 5.41 Å². The molecule has 1 saturated carbocycles. The fourth-order valence-corrected chi connectivity index (χ4v) is 0.760. The minimum atomic E-state index is 0.523. The summed E-state index contributed by atoms with van der Waals surface area (Å²) in [7, 11) is 0. The van der Waals surface area contributed by atoms with Crippen LogP contribution in [0.1, 0.15) is 19.8 Å². The van der Waals surface area contributed by atoms with Crippen molar-refractivity contribution >= 4 is 0 Å². The smallest absolute Gasteiger partial charge is 0.0588 e. The Bertz CT molecular complexity index is 88.9. The first-order valence-corrected chi connectivity index (χ1v) is 3.55. The molecule has 1 aliphatic carbocycles.